The second-order valence-electron chi connectivity index (χ2n) is 8.28. The van der Waals surface area contributed by atoms with Crippen LogP contribution in [0, 0.1) is 0 Å². The summed E-state index contributed by atoms with van der Waals surface area (Å²) in [5.41, 5.74) is 1.04. The van der Waals surface area contributed by atoms with E-state index in [0.29, 0.717) is 18.0 Å². The van der Waals surface area contributed by atoms with Crippen molar-refractivity contribution in [3.05, 3.63) is 52.5 Å². The second kappa shape index (κ2) is 13.5. The molecule has 1 N–H and O–H groups in total. The van der Waals surface area contributed by atoms with Gasteiger partial charge in [-0.15, -0.1) is 0 Å². The van der Waals surface area contributed by atoms with Crippen molar-refractivity contribution in [2.75, 3.05) is 37.9 Å². The van der Waals surface area contributed by atoms with Crippen LogP contribution in [0.1, 0.15) is 32.3 Å². The first-order valence-electron chi connectivity index (χ1n) is 11.5. The lowest BCUT2D eigenvalue weighted by Crippen LogP contribution is -2.51. The van der Waals surface area contributed by atoms with E-state index in [-0.39, 0.29) is 18.1 Å². The van der Waals surface area contributed by atoms with Crippen molar-refractivity contribution in [3.8, 4) is 11.5 Å². The van der Waals surface area contributed by atoms with E-state index in [4.69, 9.17) is 9.47 Å². The standard InChI is InChI=1S/C25H34BrN3O6S/c1-6-7-13-27-25(31)18(2)28(16-19-9-8-10-20(26)14-19)24(30)17-29(36(5,32)33)21-11-12-22(34-3)23(15-21)35-4/h8-12,14-15,18H,6-7,13,16-17H2,1-5H3,(H,27,31)/t18-/m1/s1. The number of carbonyl (C=O) groups excluding carboxylic acids is 2. The third-order valence-corrected chi connectivity index (χ3v) is 7.21. The van der Waals surface area contributed by atoms with Crippen LogP contribution in [0.25, 0.3) is 0 Å². The van der Waals surface area contributed by atoms with E-state index < -0.39 is 28.5 Å². The average molecular weight is 585 g/mol. The number of ether oxygens (including phenoxy) is 2. The molecule has 36 heavy (non-hydrogen) atoms. The molecule has 2 amide bonds. The maximum Gasteiger partial charge on any atom is 0.244 e. The predicted octanol–water partition coefficient (Wildman–Crippen LogP) is 3.57. The van der Waals surface area contributed by atoms with Gasteiger partial charge in [0.15, 0.2) is 11.5 Å². The summed E-state index contributed by atoms with van der Waals surface area (Å²) in [7, 11) is -0.938. The zero-order chi connectivity index (χ0) is 26.9. The summed E-state index contributed by atoms with van der Waals surface area (Å²) in [6.07, 6.45) is 2.76. The molecule has 0 saturated heterocycles. The lowest BCUT2D eigenvalue weighted by atomic mass is 10.1. The number of hydrogen-bond acceptors (Lipinski definition) is 6. The SMILES string of the molecule is CCCCNC(=O)[C@@H](C)N(Cc1cccc(Br)c1)C(=O)CN(c1ccc(OC)c(OC)c1)S(C)(=O)=O. The van der Waals surface area contributed by atoms with Gasteiger partial charge < -0.3 is 19.7 Å². The number of nitrogens with zero attached hydrogens (tertiary/aromatic N) is 2. The third-order valence-electron chi connectivity index (χ3n) is 5.57. The molecule has 0 aliphatic heterocycles. The van der Waals surface area contributed by atoms with Crippen LogP contribution < -0.4 is 19.1 Å². The van der Waals surface area contributed by atoms with Gasteiger partial charge in [0, 0.05) is 23.6 Å². The normalized spacial score (nSPS) is 11.9. The van der Waals surface area contributed by atoms with Gasteiger partial charge in [0.2, 0.25) is 21.8 Å². The van der Waals surface area contributed by atoms with Crippen LogP contribution in [0.3, 0.4) is 0 Å². The summed E-state index contributed by atoms with van der Waals surface area (Å²) in [6, 6.07) is 11.2. The second-order valence-corrected chi connectivity index (χ2v) is 11.1. The highest BCUT2D eigenvalue weighted by molar-refractivity contribution is 9.10. The Kier molecular flexibility index (Phi) is 11.0. The molecule has 0 aliphatic carbocycles. The number of rotatable bonds is 13. The van der Waals surface area contributed by atoms with Gasteiger partial charge in [-0.05, 0) is 43.2 Å². The molecule has 0 fully saturated rings. The quantitative estimate of drug-likeness (QED) is 0.361. The van der Waals surface area contributed by atoms with E-state index in [1.165, 1.54) is 31.3 Å². The summed E-state index contributed by atoms with van der Waals surface area (Å²) in [4.78, 5) is 27.8. The molecule has 0 aliphatic rings. The van der Waals surface area contributed by atoms with E-state index in [2.05, 4.69) is 21.2 Å². The van der Waals surface area contributed by atoms with Gasteiger partial charge in [0.05, 0.1) is 26.2 Å². The van der Waals surface area contributed by atoms with Crippen molar-refractivity contribution >= 4 is 43.5 Å². The molecule has 0 spiro atoms. The zero-order valence-corrected chi connectivity index (χ0v) is 23.7. The summed E-state index contributed by atoms with van der Waals surface area (Å²) in [5.74, 6) is -0.0717. The highest BCUT2D eigenvalue weighted by atomic mass is 79.9. The number of benzene rings is 2. The van der Waals surface area contributed by atoms with E-state index in [9.17, 15) is 18.0 Å². The van der Waals surface area contributed by atoms with Gasteiger partial charge >= 0.3 is 0 Å². The number of hydrogen-bond donors (Lipinski definition) is 1. The minimum atomic E-state index is -3.85. The molecule has 9 nitrogen and oxygen atoms in total. The summed E-state index contributed by atoms with van der Waals surface area (Å²) in [6.45, 7) is 3.80. The lowest BCUT2D eigenvalue weighted by molar-refractivity contribution is -0.139. The van der Waals surface area contributed by atoms with Crippen molar-refractivity contribution < 1.29 is 27.5 Å². The van der Waals surface area contributed by atoms with Crippen LogP contribution in [0.4, 0.5) is 5.69 Å². The number of sulfonamides is 1. The molecule has 0 bridgehead atoms. The molecule has 2 aromatic rings. The van der Waals surface area contributed by atoms with E-state index in [1.54, 1.807) is 13.0 Å². The number of nitrogens with one attached hydrogen (secondary N) is 1. The van der Waals surface area contributed by atoms with Crippen molar-refractivity contribution in [2.24, 2.45) is 0 Å². The molecule has 198 valence electrons. The number of halogens is 1. The topological polar surface area (TPSA) is 105 Å². The van der Waals surface area contributed by atoms with Gasteiger partial charge in [0.1, 0.15) is 12.6 Å². The van der Waals surface area contributed by atoms with Gasteiger partial charge in [-0.1, -0.05) is 41.4 Å². The Balaban J connectivity index is 2.40. The molecular weight excluding hydrogens is 550 g/mol. The molecule has 2 rings (SSSR count). The van der Waals surface area contributed by atoms with Crippen molar-refractivity contribution in [1.29, 1.82) is 0 Å². The molecule has 0 aromatic heterocycles. The number of anilines is 1. The van der Waals surface area contributed by atoms with Crippen molar-refractivity contribution in [3.63, 3.8) is 0 Å². The monoisotopic (exact) mass is 583 g/mol. The van der Waals surface area contributed by atoms with Gasteiger partial charge in [-0.25, -0.2) is 8.42 Å². The first-order valence-corrected chi connectivity index (χ1v) is 14.2. The fourth-order valence-electron chi connectivity index (χ4n) is 3.54. The van der Waals surface area contributed by atoms with Crippen molar-refractivity contribution in [1.82, 2.24) is 10.2 Å². The number of unbranched alkanes of at least 4 members (excludes halogenated alkanes) is 1. The highest BCUT2D eigenvalue weighted by Gasteiger charge is 2.30. The van der Waals surface area contributed by atoms with E-state index in [0.717, 1.165) is 33.4 Å². The minimum absolute atomic E-state index is 0.129. The third kappa shape index (κ3) is 8.12. The maximum atomic E-state index is 13.6. The van der Waals surface area contributed by atoms with Crippen LogP contribution in [0.15, 0.2) is 46.9 Å². The Bertz CT molecular complexity index is 1160. The molecule has 0 unspecified atom stereocenters. The Hall–Kier alpha value is -2.79. The van der Waals surface area contributed by atoms with Gasteiger partial charge in [0.25, 0.3) is 0 Å². The average Bonchev–Trinajstić information content (AvgIpc) is 2.84. The maximum absolute atomic E-state index is 13.6. The Labute approximate surface area is 221 Å². The fourth-order valence-corrected chi connectivity index (χ4v) is 4.83. The summed E-state index contributed by atoms with van der Waals surface area (Å²) >= 11 is 3.43. The van der Waals surface area contributed by atoms with E-state index >= 15 is 0 Å². The zero-order valence-electron chi connectivity index (χ0n) is 21.3. The molecule has 0 radical (unpaired) electrons. The number of amides is 2. The van der Waals surface area contributed by atoms with Crippen LogP contribution in [-0.2, 0) is 26.2 Å². The molecule has 2 aromatic carbocycles. The molecule has 1 atom stereocenters. The first kappa shape index (κ1) is 29.4. The summed E-state index contributed by atoms with van der Waals surface area (Å²) < 4.78 is 37.8. The lowest BCUT2D eigenvalue weighted by Gasteiger charge is -2.31. The molecule has 0 saturated carbocycles. The summed E-state index contributed by atoms with van der Waals surface area (Å²) in [5, 5.41) is 2.85. The van der Waals surface area contributed by atoms with Crippen LogP contribution in [-0.4, -0.2) is 64.7 Å². The first-order chi connectivity index (χ1) is 17.0. The number of methoxy groups -OCH3 is 2. The van der Waals surface area contributed by atoms with E-state index in [1.807, 2.05) is 31.2 Å². The molecule has 0 heterocycles. The largest absolute Gasteiger partial charge is 0.493 e. The van der Waals surface area contributed by atoms with Crippen LogP contribution >= 0.6 is 15.9 Å². The Morgan fingerprint density at radius 2 is 1.78 bits per heavy atom. The molecule has 11 heteroatoms. The van der Waals surface area contributed by atoms with Crippen LogP contribution in [0.5, 0.6) is 11.5 Å². The molecular formula is C25H34BrN3O6S. The van der Waals surface area contributed by atoms with Crippen LogP contribution in [0.2, 0.25) is 0 Å². The number of carbonyl (C=O) groups is 2. The smallest absolute Gasteiger partial charge is 0.244 e. The minimum Gasteiger partial charge on any atom is -0.493 e. The van der Waals surface area contributed by atoms with Gasteiger partial charge in [-0.2, -0.15) is 0 Å². The predicted molar refractivity (Wildman–Crippen MR) is 144 cm³/mol. The Morgan fingerprint density at radius 3 is 2.36 bits per heavy atom. The van der Waals surface area contributed by atoms with Gasteiger partial charge in [-0.3, -0.25) is 13.9 Å². The highest BCUT2D eigenvalue weighted by Crippen LogP contribution is 2.32. The fraction of sp³-hybridized carbons (Fsp3) is 0.440. The van der Waals surface area contributed by atoms with Crippen molar-refractivity contribution in [2.45, 2.75) is 39.3 Å². The Morgan fingerprint density at radius 1 is 1.08 bits per heavy atom.